The molecule has 1 aromatic carbocycles. The van der Waals surface area contributed by atoms with Crippen LogP contribution in [0.5, 0.6) is 5.75 Å². The van der Waals surface area contributed by atoms with Gasteiger partial charge in [0.2, 0.25) is 5.91 Å². The van der Waals surface area contributed by atoms with Gasteiger partial charge in [-0.15, -0.1) is 0 Å². The minimum Gasteiger partial charge on any atom is -0.493 e. The molecule has 0 saturated heterocycles. The minimum absolute atomic E-state index is 0.00287. The predicted molar refractivity (Wildman–Crippen MR) is 93.8 cm³/mol. The summed E-state index contributed by atoms with van der Waals surface area (Å²) in [6, 6.07) is 3.80. The van der Waals surface area contributed by atoms with Crippen molar-refractivity contribution in [1.29, 1.82) is 0 Å². The number of rotatable bonds is 5. The minimum atomic E-state index is -0.00287. The number of methoxy groups -OCH3 is 1. The molecule has 6 heteroatoms. The van der Waals surface area contributed by atoms with E-state index in [0.717, 1.165) is 10.9 Å². The third kappa shape index (κ3) is 4.53. The Kier molecular flexibility index (Phi) is 6.38. The lowest BCUT2D eigenvalue weighted by molar-refractivity contribution is -0.120. The predicted octanol–water partition coefficient (Wildman–Crippen LogP) is 4.22. The van der Waals surface area contributed by atoms with Crippen LogP contribution in [-0.4, -0.2) is 25.6 Å². The fourth-order valence-electron chi connectivity index (χ4n) is 2.86. The Morgan fingerprint density at radius 2 is 2.14 bits per heavy atom. The van der Waals surface area contributed by atoms with E-state index in [9.17, 15) is 4.79 Å². The van der Waals surface area contributed by atoms with Crippen LogP contribution in [0.15, 0.2) is 16.6 Å². The molecule has 4 nitrogen and oxygen atoms in total. The maximum Gasteiger partial charge on any atom is 0.239 e. The van der Waals surface area contributed by atoms with Gasteiger partial charge in [0.25, 0.3) is 0 Å². The van der Waals surface area contributed by atoms with Gasteiger partial charge in [0.15, 0.2) is 5.75 Å². The van der Waals surface area contributed by atoms with E-state index in [-0.39, 0.29) is 18.5 Å². The van der Waals surface area contributed by atoms with Gasteiger partial charge in [-0.25, -0.2) is 0 Å². The van der Waals surface area contributed by atoms with Crippen LogP contribution in [0.1, 0.15) is 32.6 Å². The number of carbonyl (C=O) groups is 1. The summed E-state index contributed by atoms with van der Waals surface area (Å²) >= 11 is 9.45. The molecule has 0 spiro atoms. The molecule has 0 bridgehead atoms. The van der Waals surface area contributed by atoms with Crippen LogP contribution in [0, 0.1) is 5.92 Å². The number of amides is 1. The molecule has 0 heterocycles. The topological polar surface area (TPSA) is 50.4 Å². The Labute approximate surface area is 145 Å². The van der Waals surface area contributed by atoms with Crippen molar-refractivity contribution >= 4 is 39.1 Å². The van der Waals surface area contributed by atoms with Crippen molar-refractivity contribution in [1.82, 2.24) is 5.32 Å². The summed E-state index contributed by atoms with van der Waals surface area (Å²) < 4.78 is 6.09. The summed E-state index contributed by atoms with van der Waals surface area (Å²) in [4.78, 5) is 12.1. The summed E-state index contributed by atoms with van der Waals surface area (Å²) in [7, 11) is 1.59. The zero-order valence-electron chi connectivity index (χ0n) is 12.9. The average Bonchev–Trinajstić information content (AvgIpc) is 2.47. The maximum atomic E-state index is 12.1. The first-order valence-electron chi connectivity index (χ1n) is 7.57. The van der Waals surface area contributed by atoms with Gasteiger partial charge < -0.3 is 15.4 Å². The summed E-state index contributed by atoms with van der Waals surface area (Å²) in [6.45, 7) is 2.40. The molecule has 2 atom stereocenters. The van der Waals surface area contributed by atoms with E-state index in [2.05, 4.69) is 33.5 Å². The second-order valence-corrected chi connectivity index (χ2v) is 7.05. The molecule has 2 rings (SSSR count). The standard InChI is InChI=1S/C16H22BrClN2O2/c1-10-5-3-4-6-13(10)20-15(21)9-19-14-8-11(18)7-12(17)16(14)22-2/h7-8,10,13,19H,3-6,9H2,1-2H3,(H,20,21)/t10-,13+/m1/s1. The first-order valence-corrected chi connectivity index (χ1v) is 8.74. The van der Waals surface area contributed by atoms with Crippen molar-refractivity contribution < 1.29 is 9.53 Å². The lowest BCUT2D eigenvalue weighted by atomic mass is 9.86. The van der Waals surface area contributed by atoms with Crippen LogP contribution in [0.3, 0.4) is 0 Å². The molecule has 1 aliphatic rings. The van der Waals surface area contributed by atoms with Gasteiger partial charge in [0, 0.05) is 11.1 Å². The third-order valence-electron chi connectivity index (χ3n) is 4.11. The van der Waals surface area contributed by atoms with E-state index in [1.165, 1.54) is 19.3 Å². The Balaban J connectivity index is 1.93. The van der Waals surface area contributed by atoms with Crippen molar-refractivity contribution in [2.24, 2.45) is 5.92 Å². The van der Waals surface area contributed by atoms with E-state index in [0.29, 0.717) is 22.4 Å². The van der Waals surface area contributed by atoms with Gasteiger partial charge in [0.05, 0.1) is 23.8 Å². The van der Waals surface area contributed by atoms with Crippen LogP contribution in [0.4, 0.5) is 5.69 Å². The summed E-state index contributed by atoms with van der Waals surface area (Å²) in [5, 5.41) is 6.80. The molecule has 122 valence electrons. The average molecular weight is 390 g/mol. The van der Waals surface area contributed by atoms with Crippen LogP contribution >= 0.6 is 27.5 Å². The first-order chi connectivity index (χ1) is 10.5. The van der Waals surface area contributed by atoms with E-state index < -0.39 is 0 Å². The molecule has 0 aromatic heterocycles. The smallest absolute Gasteiger partial charge is 0.239 e. The number of halogens is 2. The Bertz CT molecular complexity index is 539. The quantitative estimate of drug-likeness (QED) is 0.793. The largest absolute Gasteiger partial charge is 0.493 e. The van der Waals surface area contributed by atoms with E-state index >= 15 is 0 Å². The van der Waals surface area contributed by atoms with Crippen LogP contribution in [0.25, 0.3) is 0 Å². The number of hydrogen-bond donors (Lipinski definition) is 2. The van der Waals surface area contributed by atoms with Crippen LogP contribution in [0.2, 0.25) is 5.02 Å². The molecular weight excluding hydrogens is 368 g/mol. The number of ether oxygens (including phenoxy) is 1. The third-order valence-corrected chi connectivity index (χ3v) is 4.92. The van der Waals surface area contributed by atoms with Crippen molar-refractivity contribution in [2.45, 2.75) is 38.6 Å². The number of carbonyl (C=O) groups excluding carboxylic acids is 1. The van der Waals surface area contributed by atoms with Crippen LogP contribution < -0.4 is 15.4 Å². The summed E-state index contributed by atoms with van der Waals surface area (Å²) in [5.74, 6) is 1.19. The number of nitrogens with one attached hydrogen (secondary N) is 2. The maximum absolute atomic E-state index is 12.1. The van der Waals surface area contributed by atoms with Crippen molar-refractivity contribution in [2.75, 3.05) is 19.0 Å². The Morgan fingerprint density at radius 1 is 1.41 bits per heavy atom. The van der Waals surface area contributed by atoms with Gasteiger partial charge in [-0.05, 0) is 46.8 Å². The Hall–Kier alpha value is -0.940. The normalized spacial score (nSPS) is 21.3. The van der Waals surface area contributed by atoms with Gasteiger partial charge in [-0.1, -0.05) is 31.4 Å². The SMILES string of the molecule is COc1c(Br)cc(Cl)cc1NCC(=O)N[C@H]1CCCC[C@H]1C. The summed E-state index contributed by atoms with van der Waals surface area (Å²) in [5.41, 5.74) is 0.703. The molecule has 22 heavy (non-hydrogen) atoms. The highest BCUT2D eigenvalue weighted by Crippen LogP contribution is 2.36. The highest BCUT2D eigenvalue weighted by atomic mass is 79.9. The van der Waals surface area contributed by atoms with Gasteiger partial charge in [-0.3, -0.25) is 4.79 Å². The molecule has 1 amide bonds. The van der Waals surface area contributed by atoms with Gasteiger partial charge in [-0.2, -0.15) is 0 Å². The fourth-order valence-corrected chi connectivity index (χ4v) is 3.84. The number of benzene rings is 1. The highest BCUT2D eigenvalue weighted by Gasteiger charge is 2.22. The molecule has 0 aliphatic heterocycles. The van der Waals surface area contributed by atoms with Gasteiger partial charge >= 0.3 is 0 Å². The second-order valence-electron chi connectivity index (χ2n) is 5.76. The van der Waals surface area contributed by atoms with E-state index in [1.807, 2.05) is 0 Å². The van der Waals surface area contributed by atoms with Gasteiger partial charge in [0.1, 0.15) is 0 Å². The highest BCUT2D eigenvalue weighted by molar-refractivity contribution is 9.10. The monoisotopic (exact) mass is 388 g/mol. The van der Waals surface area contributed by atoms with Crippen molar-refractivity contribution in [3.8, 4) is 5.75 Å². The molecule has 1 saturated carbocycles. The zero-order chi connectivity index (χ0) is 16.1. The molecule has 0 unspecified atom stereocenters. The first kappa shape index (κ1) is 17.4. The lowest BCUT2D eigenvalue weighted by Crippen LogP contribution is -2.43. The lowest BCUT2D eigenvalue weighted by Gasteiger charge is -2.29. The van der Waals surface area contributed by atoms with E-state index in [1.54, 1.807) is 19.2 Å². The van der Waals surface area contributed by atoms with Crippen LogP contribution in [-0.2, 0) is 4.79 Å². The molecule has 0 radical (unpaired) electrons. The number of anilines is 1. The molecule has 1 aromatic rings. The Morgan fingerprint density at radius 3 is 2.82 bits per heavy atom. The van der Waals surface area contributed by atoms with Crippen molar-refractivity contribution in [3.63, 3.8) is 0 Å². The number of hydrogen-bond acceptors (Lipinski definition) is 3. The second kappa shape index (κ2) is 8.06. The molecule has 1 aliphatic carbocycles. The zero-order valence-corrected chi connectivity index (χ0v) is 15.3. The molecule has 2 N–H and O–H groups in total. The fraction of sp³-hybridized carbons (Fsp3) is 0.562. The van der Waals surface area contributed by atoms with E-state index in [4.69, 9.17) is 16.3 Å². The van der Waals surface area contributed by atoms with Crippen molar-refractivity contribution in [3.05, 3.63) is 21.6 Å². The molecule has 1 fully saturated rings. The molecular formula is C16H22BrClN2O2. The summed E-state index contributed by atoms with van der Waals surface area (Å²) in [6.07, 6.45) is 4.71.